The molecular weight excluding hydrogens is 437 g/mol. The highest BCUT2D eigenvalue weighted by Gasteiger charge is 2.13. The number of aromatic nitrogens is 2. The molecule has 1 N–H and O–H groups in total. The van der Waals surface area contributed by atoms with E-state index >= 15 is 0 Å². The van der Waals surface area contributed by atoms with E-state index in [4.69, 9.17) is 20.8 Å². The highest BCUT2D eigenvalue weighted by molar-refractivity contribution is 7.22. The third kappa shape index (κ3) is 4.23. The van der Waals surface area contributed by atoms with Crippen molar-refractivity contribution < 1.29 is 13.5 Å². The zero-order chi connectivity index (χ0) is 21.2. The van der Waals surface area contributed by atoms with Crippen molar-refractivity contribution in [2.24, 2.45) is 0 Å². The van der Waals surface area contributed by atoms with Gasteiger partial charge in [0.05, 0.1) is 26.4 Å². The largest absolute Gasteiger partial charge is 0.487 e. The highest BCUT2D eigenvalue weighted by Crippen LogP contribution is 2.37. The molecule has 8 heteroatoms. The molecule has 0 aliphatic carbocycles. The number of hydrogen-bond donors (Lipinski definition) is 1. The van der Waals surface area contributed by atoms with Crippen LogP contribution in [0, 0.1) is 5.82 Å². The first-order valence-electron chi connectivity index (χ1n) is 9.38. The van der Waals surface area contributed by atoms with Crippen molar-refractivity contribution in [1.29, 1.82) is 0 Å². The summed E-state index contributed by atoms with van der Waals surface area (Å²) in [6.07, 6.45) is 3.16. The smallest absolute Gasteiger partial charge is 0.151 e. The highest BCUT2D eigenvalue weighted by atomic mass is 35.5. The van der Waals surface area contributed by atoms with Crippen molar-refractivity contribution in [2.75, 3.05) is 5.32 Å². The molecule has 154 valence electrons. The molecule has 3 heterocycles. The Bertz CT molecular complexity index is 1350. The number of halogens is 2. The minimum absolute atomic E-state index is 0.224. The van der Waals surface area contributed by atoms with Gasteiger partial charge in [0.15, 0.2) is 5.82 Å². The van der Waals surface area contributed by atoms with E-state index in [0.29, 0.717) is 16.6 Å². The topological polar surface area (TPSA) is 60.2 Å². The van der Waals surface area contributed by atoms with Crippen LogP contribution in [0.4, 0.5) is 15.9 Å². The number of fused-ring (bicyclic) bond motifs is 1. The molecule has 0 spiro atoms. The molecule has 0 fully saturated rings. The summed E-state index contributed by atoms with van der Waals surface area (Å²) in [4.78, 5) is 9.71. The number of thiophene rings is 1. The molecule has 31 heavy (non-hydrogen) atoms. The van der Waals surface area contributed by atoms with E-state index in [1.165, 1.54) is 18.5 Å². The average Bonchev–Trinajstić information content (AvgIpc) is 3.43. The molecule has 5 nitrogen and oxygen atoms in total. The van der Waals surface area contributed by atoms with Crippen molar-refractivity contribution in [3.05, 3.63) is 89.7 Å². The molecule has 0 atom stereocenters. The normalized spacial score (nSPS) is 11.0. The van der Waals surface area contributed by atoms with Crippen LogP contribution in [-0.4, -0.2) is 9.97 Å². The maximum atomic E-state index is 13.3. The monoisotopic (exact) mass is 451 g/mol. The summed E-state index contributed by atoms with van der Waals surface area (Å²) in [6.45, 7) is 0.224. The SMILES string of the molecule is Fc1cccc(COc2ccc(Nc3ncnc4cc(-c5ccco5)sc34)cc2Cl)c1. The Balaban J connectivity index is 1.35. The Labute approximate surface area is 186 Å². The number of ether oxygens (including phenoxy) is 1. The third-order valence-corrected chi connectivity index (χ3v) is 5.99. The Hall–Kier alpha value is -3.42. The molecular formula is C23H15ClFN3O2S. The van der Waals surface area contributed by atoms with E-state index in [9.17, 15) is 4.39 Å². The molecule has 0 amide bonds. The van der Waals surface area contributed by atoms with Gasteiger partial charge < -0.3 is 14.5 Å². The predicted molar refractivity (Wildman–Crippen MR) is 121 cm³/mol. The van der Waals surface area contributed by atoms with Crippen LogP contribution in [0.25, 0.3) is 20.9 Å². The van der Waals surface area contributed by atoms with E-state index in [-0.39, 0.29) is 12.4 Å². The van der Waals surface area contributed by atoms with Gasteiger partial charge in [0.2, 0.25) is 0 Å². The molecule has 0 unspecified atom stereocenters. The first-order valence-corrected chi connectivity index (χ1v) is 10.6. The summed E-state index contributed by atoms with van der Waals surface area (Å²) in [7, 11) is 0. The van der Waals surface area contributed by atoms with Gasteiger partial charge in [-0.25, -0.2) is 14.4 Å². The van der Waals surface area contributed by atoms with Crippen LogP contribution in [0.15, 0.2) is 77.7 Å². The number of nitrogens with zero attached hydrogens (tertiary/aromatic N) is 2. The first kappa shape index (κ1) is 19.5. The van der Waals surface area contributed by atoms with Gasteiger partial charge in [-0.3, -0.25) is 0 Å². The zero-order valence-electron chi connectivity index (χ0n) is 16.0. The van der Waals surface area contributed by atoms with Crippen molar-refractivity contribution >= 4 is 44.7 Å². The summed E-state index contributed by atoms with van der Waals surface area (Å²) in [5, 5.41) is 3.73. The predicted octanol–water partition coefficient (Wildman–Crippen LogP) is 7.07. The standard InChI is InChI=1S/C23H15ClFN3O2S/c24-17-10-16(6-7-19(17)30-12-14-3-1-4-15(25)9-14)28-23-22-18(26-13-27-23)11-21(31-22)20-5-2-8-29-20/h1-11,13H,12H2,(H,26,27,28). The lowest BCUT2D eigenvalue weighted by molar-refractivity contribution is 0.306. The Morgan fingerprint density at radius 3 is 2.81 bits per heavy atom. The number of anilines is 2. The first-order chi connectivity index (χ1) is 15.2. The van der Waals surface area contributed by atoms with E-state index in [0.717, 1.165) is 32.1 Å². The van der Waals surface area contributed by atoms with Crippen LogP contribution in [0.1, 0.15) is 5.56 Å². The zero-order valence-corrected chi connectivity index (χ0v) is 17.6. The van der Waals surface area contributed by atoms with Gasteiger partial charge in [-0.05, 0) is 54.1 Å². The van der Waals surface area contributed by atoms with Gasteiger partial charge in [0.1, 0.15) is 30.3 Å². The van der Waals surface area contributed by atoms with E-state index < -0.39 is 0 Å². The van der Waals surface area contributed by atoms with Crippen LogP contribution in [0.3, 0.4) is 0 Å². The Morgan fingerprint density at radius 2 is 2.00 bits per heavy atom. The molecule has 0 bridgehead atoms. The van der Waals surface area contributed by atoms with Gasteiger partial charge in [-0.2, -0.15) is 0 Å². The van der Waals surface area contributed by atoms with Gasteiger partial charge in [-0.15, -0.1) is 11.3 Å². The molecule has 2 aromatic carbocycles. The molecule has 5 aromatic rings. The van der Waals surface area contributed by atoms with Gasteiger partial charge in [0.25, 0.3) is 0 Å². The second-order valence-corrected chi connectivity index (χ2v) is 8.17. The molecule has 0 saturated carbocycles. The number of rotatable bonds is 6. The summed E-state index contributed by atoms with van der Waals surface area (Å²) >= 11 is 7.95. The molecule has 0 radical (unpaired) electrons. The van der Waals surface area contributed by atoms with Crippen LogP contribution < -0.4 is 10.1 Å². The van der Waals surface area contributed by atoms with E-state index in [1.54, 1.807) is 41.9 Å². The fourth-order valence-electron chi connectivity index (χ4n) is 3.10. The molecule has 0 aliphatic rings. The molecule has 3 aromatic heterocycles. The van der Waals surface area contributed by atoms with Crippen molar-refractivity contribution in [1.82, 2.24) is 9.97 Å². The van der Waals surface area contributed by atoms with E-state index in [2.05, 4.69) is 15.3 Å². The summed E-state index contributed by atoms with van der Waals surface area (Å²) in [5.74, 6) is 1.68. The number of nitrogens with one attached hydrogen (secondary N) is 1. The van der Waals surface area contributed by atoms with Crippen LogP contribution >= 0.6 is 22.9 Å². The van der Waals surface area contributed by atoms with Gasteiger partial charge in [-0.1, -0.05) is 23.7 Å². The lowest BCUT2D eigenvalue weighted by Gasteiger charge is -2.11. The van der Waals surface area contributed by atoms with Crippen molar-refractivity contribution in [2.45, 2.75) is 6.61 Å². The van der Waals surface area contributed by atoms with Crippen molar-refractivity contribution in [3.63, 3.8) is 0 Å². The number of furan rings is 1. The molecule has 5 rings (SSSR count). The summed E-state index contributed by atoms with van der Waals surface area (Å²) < 4.78 is 25.5. The maximum Gasteiger partial charge on any atom is 0.151 e. The summed E-state index contributed by atoms with van der Waals surface area (Å²) in [6, 6.07) is 17.4. The molecule has 0 saturated heterocycles. The lowest BCUT2D eigenvalue weighted by atomic mass is 10.2. The van der Waals surface area contributed by atoms with Crippen LogP contribution in [0.5, 0.6) is 5.75 Å². The maximum absolute atomic E-state index is 13.3. The number of benzene rings is 2. The van der Waals surface area contributed by atoms with Crippen LogP contribution in [-0.2, 0) is 6.61 Å². The third-order valence-electron chi connectivity index (χ3n) is 4.55. The average molecular weight is 452 g/mol. The van der Waals surface area contributed by atoms with E-state index in [1.807, 2.05) is 24.3 Å². The van der Waals surface area contributed by atoms with Gasteiger partial charge in [0, 0.05) is 5.69 Å². The molecule has 0 aliphatic heterocycles. The Morgan fingerprint density at radius 1 is 1.06 bits per heavy atom. The van der Waals surface area contributed by atoms with Crippen molar-refractivity contribution in [3.8, 4) is 16.4 Å². The lowest BCUT2D eigenvalue weighted by Crippen LogP contribution is -1.98. The minimum Gasteiger partial charge on any atom is -0.487 e. The fraction of sp³-hybridized carbons (Fsp3) is 0.0435. The quantitative estimate of drug-likeness (QED) is 0.299. The second-order valence-electron chi connectivity index (χ2n) is 6.71. The minimum atomic E-state index is -0.299. The van der Waals surface area contributed by atoms with Crippen LogP contribution in [0.2, 0.25) is 5.02 Å². The Kier molecular flexibility index (Phi) is 5.28. The van der Waals surface area contributed by atoms with Gasteiger partial charge >= 0.3 is 0 Å². The second kappa shape index (κ2) is 8.37. The fourth-order valence-corrected chi connectivity index (χ4v) is 4.36. The summed E-state index contributed by atoms with van der Waals surface area (Å²) in [5.41, 5.74) is 2.32. The number of hydrogen-bond acceptors (Lipinski definition) is 6.